The predicted octanol–water partition coefficient (Wildman–Crippen LogP) is 2.02. The van der Waals surface area contributed by atoms with Gasteiger partial charge < -0.3 is 11.1 Å². The van der Waals surface area contributed by atoms with Gasteiger partial charge in [-0.2, -0.15) is 0 Å². The first-order chi connectivity index (χ1) is 8.59. The summed E-state index contributed by atoms with van der Waals surface area (Å²) in [5, 5.41) is 3.03. The number of nitrogens with zero attached hydrogens (tertiary/aromatic N) is 1. The van der Waals surface area contributed by atoms with Crippen molar-refractivity contribution in [1.29, 1.82) is 0 Å². The third-order valence-corrected chi connectivity index (χ3v) is 3.76. The second-order valence-electron chi connectivity index (χ2n) is 4.67. The minimum absolute atomic E-state index is 0.0337. The molecule has 0 aromatic carbocycles. The fourth-order valence-corrected chi connectivity index (χ4v) is 2.02. The molecule has 100 valence electrons. The number of carbonyl (C=O) groups is 1. The highest BCUT2D eigenvalue weighted by Gasteiger charge is 2.33. The van der Waals surface area contributed by atoms with Crippen LogP contribution in [0, 0.1) is 5.41 Å². The van der Waals surface area contributed by atoms with Gasteiger partial charge in [0, 0.05) is 18.9 Å². The minimum atomic E-state index is -0.448. The van der Waals surface area contributed by atoms with E-state index in [1.54, 1.807) is 12.4 Å². The Hall–Kier alpha value is -1.42. The average Bonchev–Trinajstić information content (AvgIpc) is 2.42. The normalized spacial score (nSPS) is 13.1. The van der Waals surface area contributed by atoms with Crippen molar-refractivity contribution in [3.8, 4) is 0 Å². The molecular formula is C14H23N3O. The number of rotatable bonds is 6. The Kier molecular flexibility index (Phi) is 5.28. The summed E-state index contributed by atoms with van der Waals surface area (Å²) < 4.78 is 0. The highest BCUT2D eigenvalue weighted by Crippen LogP contribution is 2.26. The first kappa shape index (κ1) is 14.6. The highest BCUT2D eigenvalue weighted by molar-refractivity contribution is 5.83. The lowest BCUT2D eigenvalue weighted by molar-refractivity contribution is -0.131. The van der Waals surface area contributed by atoms with E-state index in [0.29, 0.717) is 6.54 Å². The molecule has 1 heterocycles. The summed E-state index contributed by atoms with van der Waals surface area (Å²) in [5.41, 5.74) is 6.33. The fourth-order valence-electron chi connectivity index (χ4n) is 2.02. The molecule has 0 aliphatic rings. The van der Waals surface area contributed by atoms with E-state index in [1.807, 2.05) is 32.9 Å². The number of nitrogens with two attached hydrogens (primary N) is 1. The van der Waals surface area contributed by atoms with Crippen LogP contribution in [-0.2, 0) is 4.79 Å². The van der Waals surface area contributed by atoms with E-state index in [-0.39, 0.29) is 11.9 Å². The lowest BCUT2D eigenvalue weighted by Crippen LogP contribution is -2.46. The van der Waals surface area contributed by atoms with Gasteiger partial charge in [0.25, 0.3) is 0 Å². The smallest absolute Gasteiger partial charge is 0.227 e. The second kappa shape index (κ2) is 6.50. The molecule has 4 nitrogen and oxygen atoms in total. The van der Waals surface area contributed by atoms with Gasteiger partial charge in [-0.1, -0.05) is 19.9 Å². The zero-order valence-corrected chi connectivity index (χ0v) is 11.4. The van der Waals surface area contributed by atoms with E-state index < -0.39 is 5.41 Å². The van der Waals surface area contributed by atoms with Gasteiger partial charge in [0.15, 0.2) is 0 Å². The summed E-state index contributed by atoms with van der Waals surface area (Å²) in [6, 6.07) is 3.78. The van der Waals surface area contributed by atoms with Crippen LogP contribution in [0.15, 0.2) is 24.5 Å². The van der Waals surface area contributed by atoms with Crippen molar-refractivity contribution in [3.63, 3.8) is 0 Å². The van der Waals surface area contributed by atoms with E-state index in [0.717, 1.165) is 18.4 Å². The van der Waals surface area contributed by atoms with Crippen LogP contribution >= 0.6 is 0 Å². The maximum absolute atomic E-state index is 12.3. The molecule has 1 aromatic rings. The van der Waals surface area contributed by atoms with Gasteiger partial charge in [0.05, 0.1) is 11.5 Å². The molecule has 1 amide bonds. The van der Waals surface area contributed by atoms with Gasteiger partial charge in [-0.3, -0.25) is 9.78 Å². The first-order valence-electron chi connectivity index (χ1n) is 6.50. The number of aromatic nitrogens is 1. The molecule has 0 radical (unpaired) electrons. The SMILES string of the molecule is CCC(CC)(CN)C(=O)N[C@H](C)c1cccnc1. The lowest BCUT2D eigenvalue weighted by atomic mass is 9.81. The number of hydrogen-bond donors (Lipinski definition) is 2. The Bertz CT molecular complexity index is 366. The zero-order valence-electron chi connectivity index (χ0n) is 11.4. The van der Waals surface area contributed by atoms with Crippen LogP contribution in [0.2, 0.25) is 0 Å². The van der Waals surface area contributed by atoms with Crippen LogP contribution in [-0.4, -0.2) is 17.4 Å². The number of carbonyl (C=O) groups excluding carboxylic acids is 1. The molecule has 0 saturated carbocycles. The number of pyridine rings is 1. The van der Waals surface area contributed by atoms with Crippen molar-refractivity contribution in [1.82, 2.24) is 10.3 Å². The minimum Gasteiger partial charge on any atom is -0.349 e. The van der Waals surface area contributed by atoms with Crippen molar-refractivity contribution in [2.24, 2.45) is 11.1 Å². The first-order valence-corrected chi connectivity index (χ1v) is 6.50. The second-order valence-corrected chi connectivity index (χ2v) is 4.67. The van der Waals surface area contributed by atoms with Crippen LogP contribution in [0.4, 0.5) is 0 Å². The summed E-state index contributed by atoms with van der Waals surface area (Å²) in [5.74, 6) is 0.0337. The van der Waals surface area contributed by atoms with Gasteiger partial charge in [0.1, 0.15) is 0 Å². The third-order valence-electron chi connectivity index (χ3n) is 3.76. The summed E-state index contributed by atoms with van der Waals surface area (Å²) in [6.45, 7) is 6.35. The van der Waals surface area contributed by atoms with Gasteiger partial charge in [-0.05, 0) is 31.4 Å². The van der Waals surface area contributed by atoms with Crippen molar-refractivity contribution < 1.29 is 4.79 Å². The average molecular weight is 249 g/mol. The maximum Gasteiger partial charge on any atom is 0.227 e. The predicted molar refractivity (Wildman–Crippen MR) is 72.9 cm³/mol. The quantitative estimate of drug-likeness (QED) is 0.810. The molecule has 3 N–H and O–H groups in total. The molecule has 0 bridgehead atoms. The standard InChI is InChI=1S/C14H23N3O/c1-4-14(5-2,10-15)13(18)17-11(3)12-7-6-8-16-9-12/h6-9,11H,4-5,10,15H2,1-3H3,(H,17,18)/t11-/m1/s1. The molecular weight excluding hydrogens is 226 g/mol. The Morgan fingerprint density at radius 2 is 2.17 bits per heavy atom. The summed E-state index contributed by atoms with van der Waals surface area (Å²) in [4.78, 5) is 16.4. The lowest BCUT2D eigenvalue weighted by Gasteiger charge is -2.30. The zero-order chi connectivity index (χ0) is 13.6. The molecule has 0 saturated heterocycles. The van der Waals surface area contributed by atoms with E-state index in [9.17, 15) is 4.79 Å². The maximum atomic E-state index is 12.3. The topological polar surface area (TPSA) is 68.0 Å². The third kappa shape index (κ3) is 3.07. The van der Waals surface area contributed by atoms with Gasteiger partial charge >= 0.3 is 0 Å². The molecule has 4 heteroatoms. The van der Waals surface area contributed by atoms with E-state index in [2.05, 4.69) is 10.3 Å². The van der Waals surface area contributed by atoms with Crippen molar-refractivity contribution in [2.75, 3.05) is 6.54 Å². The Labute approximate surface area is 109 Å². The molecule has 0 aliphatic heterocycles. The molecule has 0 aliphatic carbocycles. The van der Waals surface area contributed by atoms with Crippen LogP contribution in [0.25, 0.3) is 0 Å². The van der Waals surface area contributed by atoms with E-state index in [4.69, 9.17) is 5.73 Å². The Morgan fingerprint density at radius 3 is 2.61 bits per heavy atom. The molecule has 0 fully saturated rings. The summed E-state index contributed by atoms with van der Waals surface area (Å²) in [7, 11) is 0. The molecule has 0 unspecified atom stereocenters. The largest absolute Gasteiger partial charge is 0.349 e. The van der Waals surface area contributed by atoms with E-state index in [1.165, 1.54) is 0 Å². The van der Waals surface area contributed by atoms with Crippen molar-refractivity contribution in [2.45, 2.75) is 39.7 Å². The van der Waals surface area contributed by atoms with E-state index >= 15 is 0 Å². The molecule has 1 aromatic heterocycles. The number of amides is 1. The van der Waals surface area contributed by atoms with Crippen molar-refractivity contribution >= 4 is 5.91 Å². The molecule has 1 rings (SSSR count). The Balaban J connectivity index is 2.75. The van der Waals surface area contributed by atoms with Gasteiger partial charge in [-0.25, -0.2) is 0 Å². The van der Waals surface area contributed by atoms with Gasteiger partial charge in [-0.15, -0.1) is 0 Å². The van der Waals surface area contributed by atoms with Crippen molar-refractivity contribution in [3.05, 3.63) is 30.1 Å². The Morgan fingerprint density at radius 1 is 1.50 bits per heavy atom. The highest BCUT2D eigenvalue weighted by atomic mass is 16.2. The van der Waals surface area contributed by atoms with Crippen LogP contribution < -0.4 is 11.1 Å². The summed E-state index contributed by atoms with van der Waals surface area (Å²) >= 11 is 0. The number of hydrogen-bond acceptors (Lipinski definition) is 3. The monoisotopic (exact) mass is 249 g/mol. The molecule has 0 spiro atoms. The number of nitrogens with one attached hydrogen (secondary N) is 1. The van der Waals surface area contributed by atoms with Crippen LogP contribution in [0.3, 0.4) is 0 Å². The van der Waals surface area contributed by atoms with Gasteiger partial charge in [0.2, 0.25) is 5.91 Å². The fraction of sp³-hybridized carbons (Fsp3) is 0.571. The molecule has 1 atom stereocenters. The van der Waals surface area contributed by atoms with Crippen LogP contribution in [0.5, 0.6) is 0 Å². The molecule has 18 heavy (non-hydrogen) atoms. The van der Waals surface area contributed by atoms with Crippen LogP contribution in [0.1, 0.15) is 45.2 Å². The summed E-state index contributed by atoms with van der Waals surface area (Å²) in [6.07, 6.45) is 5.00.